The molecule has 6 nitrogen and oxygen atoms in total. The molecular formula is C21H16Cl2N2O4. The molecule has 1 heterocycles. The maximum absolute atomic E-state index is 12.3. The van der Waals surface area contributed by atoms with Gasteiger partial charge in [0.1, 0.15) is 5.75 Å². The molecule has 0 saturated carbocycles. The van der Waals surface area contributed by atoms with Crippen LogP contribution < -0.4 is 15.4 Å². The van der Waals surface area contributed by atoms with Crippen LogP contribution in [-0.2, 0) is 4.79 Å². The first-order valence-electron chi connectivity index (χ1n) is 8.43. The second-order valence-electron chi connectivity index (χ2n) is 5.84. The summed E-state index contributed by atoms with van der Waals surface area (Å²) < 4.78 is 10.3. The molecule has 0 atom stereocenters. The molecule has 2 N–H and O–H groups in total. The minimum Gasteiger partial charge on any atom is -0.495 e. The molecule has 0 aliphatic carbocycles. The Bertz CT molecular complexity index is 1060. The van der Waals surface area contributed by atoms with Crippen molar-refractivity contribution in [3.63, 3.8) is 0 Å². The lowest BCUT2D eigenvalue weighted by molar-refractivity contribution is -0.111. The molecule has 2 amide bonds. The smallest absolute Gasteiger partial charge is 0.291 e. The van der Waals surface area contributed by atoms with Gasteiger partial charge in [-0.25, -0.2) is 0 Å². The average Bonchev–Trinajstić information content (AvgIpc) is 3.21. The number of hydrogen-bond donors (Lipinski definition) is 2. The van der Waals surface area contributed by atoms with Crippen molar-refractivity contribution < 1.29 is 18.7 Å². The van der Waals surface area contributed by atoms with Crippen molar-refractivity contribution in [3.8, 4) is 5.75 Å². The van der Waals surface area contributed by atoms with Crippen LogP contribution in [0.4, 0.5) is 11.4 Å². The fraction of sp³-hybridized carbons (Fsp3) is 0.0476. The van der Waals surface area contributed by atoms with Crippen molar-refractivity contribution >= 4 is 52.5 Å². The van der Waals surface area contributed by atoms with Gasteiger partial charge in [-0.2, -0.15) is 0 Å². The van der Waals surface area contributed by atoms with Crippen molar-refractivity contribution in [2.45, 2.75) is 0 Å². The normalized spacial score (nSPS) is 10.7. The second-order valence-corrected chi connectivity index (χ2v) is 6.69. The number of nitrogens with one attached hydrogen (secondary N) is 2. The Morgan fingerprint density at radius 3 is 2.48 bits per heavy atom. The lowest BCUT2D eigenvalue weighted by Crippen LogP contribution is -2.12. The van der Waals surface area contributed by atoms with E-state index in [1.165, 1.54) is 19.4 Å². The number of methoxy groups -OCH3 is 1. The molecule has 29 heavy (non-hydrogen) atoms. The standard InChI is InChI=1S/C21H16Cl2N2O4/c1-28-20-13(10-14(22)11-17(20)23)7-8-19(26)24-15-4-2-5-16(12-15)25-21(27)18-6-3-9-29-18/h2-12H,1H3,(H,24,26)(H,25,27)/b8-7+. The van der Waals surface area contributed by atoms with Gasteiger partial charge in [-0.1, -0.05) is 29.3 Å². The van der Waals surface area contributed by atoms with Crippen LogP contribution in [0.15, 0.2) is 65.3 Å². The SMILES string of the molecule is COc1c(Cl)cc(Cl)cc1/C=C/C(=O)Nc1cccc(NC(=O)c2ccco2)c1. The first-order chi connectivity index (χ1) is 14.0. The highest BCUT2D eigenvalue weighted by molar-refractivity contribution is 6.36. The van der Waals surface area contributed by atoms with Crippen LogP contribution in [0.25, 0.3) is 6.08 Å². The van der Waals surface area contributed by atoms with Gasteiger partial charge in [0.05, 0.1) is 18.4 Å². The molecule has 0 aliphatic heterocycles. The van der Waals surface area contributed by atoms with Gasteiger partial charge in [0, 0.05) is 28.0 Å². The average molecular weight is 431 g/mol. The van der Waals surface area contributed by atoms with E-state index in [1.807, 2.05) is 0 Å². The maximum atomic E-state index is 12.3. The summed E-state index contributed by atoms with van der Waals surface area (Å²) in [7, 11) is 1.48. The minimum absolute atomic E-state index is 0.191. The number of benzene rings is 2. The third-order valence-electron chi connectivity index (χ3n) is 3.79. The van der Waals surface area contributed by atoms with Gasteiger partial charge in [-0.15, -0.1) is 0 Å². The molecule has 8 heteroatoms. The summed E-state index contributed by atoms with van der Waals surface area (Å²) in [5.74, 6) is -0.153. The van der Waals surface area contributed by atoms with E-state index in [9.17, 15) is 9.59 Å². The maximum Gasteiger partial charge on any atom is 0.291 e. The number of furan rings is 1. The van der Waals surface area contributed by atoms with Gasteiger partial charge in [-0.05, 0) is 48.5 Å². The Balaban J connectivity index is 1.68. The molecule has 148 valence electrons. The van der Waals surface area contributed by atoms with Crippen LogP contribution in [-0.4, -0.2) is 18.9 Å². The van der Waals surface area contributed by atoms with Gasteiger partial charge >= 0.3 is 0 Å². The Morgan fingerprint density at radius 2 is 1.79 bits per heavy atom. The summed E-state index contributed by atoms with van der Waals surface area (Å²) in [6.07, 6.45) is 4.30. The van der Waals surface area contributed by atoms with Crippen molar-refractivity contribution in [2.24, 2.45) is 0 Å². The molecule has 1 aromatic heterocycles. The molecule has 3 aromatic rings. The third-order valence-corrected chi connectivity index (χ3v) is 4.29. The van der Waals surface area contributed by atoms with E-state index in [0.29, 0.717) is 32.7 Å². The van der Waals surface area contributed by atoms with Crippen molar-refractivity contribution in [1.82, 2.24) is 0 Å². The number of rotatable bonds is 6. The van der Waals surface area contributed by atoms with E-state index in [-0.39, 0.29) is 17.6 Å². The fourth-order valence-corrected chi connectivity index (χ4v) is 3.13. The van der Waals surface area contributed by atoms with E-state index in [1.54, 1.807) is 54.6 Å². The highest BCUT2D eigenvalue weighted by atomic mass is 35.5. The van der Waals surface area contributed by atoms with E-state index in [4.69, 9.17) is 32.4 Å². The zero-order chi connectivity index (χ0) is 20.8. The van der Waals surface area contributed by atoms with Gasteiger partial charge in [0.15, 0.2) is 5.76 Å². The Morgan fingerprint density at radius 1 is 1.03 bits per heavy atom. The number of hydrogen-bond acceptors (Lipinski definition) is 4. The Kier molecular flexibility index (Phi) is 6.59. The van der Waals surface area contributed by atoms with Crippen molar-refractivity contribution in [1.29, 1.82) is 0 Å². The lowest BCUT2D eigenvalue weighted by Gasteiger charge is -2.08. The summed E-state index contributed by atoms with van der Waals surface area (Å²) in [6, 6.07) is 13.1. The highest BCUT2D eigenvalue weighted by Crippen LogP contribution is 2.33. The number of carbonyl (C=O) groups is 2. The topological polar surface area (TPSA) is 80.6 Å². The number of anilines is 2. The summed E-state index contributed by atoms with van der Waals surface area (Å²) >= 11 is 12.1. The highest BCUT2D eigenvalue weighted by Gasteiger charge is 2.10. The van der Waals surface area contributed by atoms with E-state index >= 15 is 0 Å². The zero-order valence-corrected chi connectivity index (χ0v) is 16.8. The third kappa shape index (κ3) is 5.40. The minimum atomic E-state index is -0.386. The fourth-order valence-electron chi connectivity index (χ4n) is 2.54. The van der Waals surface area contributed by atoms with Gasteiger partial charge in [0.25, 0.3) is 5.91 Å². The van der Waals surface area contributed by atoms with E-state index in [2.05, 4.69) is 10.6 Å². The van der Waals surface area contributed by atoms with Crippen LogP contribution in [0.5, 0.6) is 5.75 Å². The van der Waals surface area contributed by atoms with Crippen molar-refractivity contribution in [2.75, 3.05) is 17.7 Å². The predicted molar refractivity (Wildman–Crippen MR) is 114 cm³/mol. The first-order valence-corrected chi connectivity index (χ1v) is 9.19. The Labute approximate surface area is 177 Å². The largest absolute Gasteiger partial charge is 0.495 e. The summed E-state index contributed by atoms with van der Waals surface area (Å²) in [4.78, 5) is 24.3. The molecule has 0 fully saturated rings. The molecule has 3 rings (SSSR count). The predicted octanol–water partition coefficient (Wildman–Crippen LogP) is 5.50. The molecule has 0 bridgehead atoms. The van der Waals surface area contributed by atoms with Crippen LogP contribution in [0.1, 0.15) is 16.1 Å². The molecule has 0 aliphatic rings. The molecule has 0 spiro atoms. The monoisotopic (exact) mass is 430 g/mol. The van der Waals surface area contributed by atoms with E-state index in [0.717, 1.165) is 0 Å². The van der Waals surface area contributed by atoms with Crippen LogP contribution in [0.3, 0.4) is 0 Å². The van der Waals surface area contributed by atoms with Gasteiger partial charge < -0.3 is 19.8 Å². The molecule has 0 saturated heterocycles. The number of ether oxygens (including phenoxy) is 1. The summed E-state index contributed by atoms with van der Waals surface area (Å²) in [5.41, 5.74) is 1.59. The van der Waals surface area contributed by atoms with Crippen molar-refractivity contribution in [3.05, 3.63) is 82.2 Å². The zero-order valence-electron chi connectivity index (χ0n) is 15.2. The summed E-state index contributed by atoms with van der Waals surface area (Å²) in [5, 5.41) is 6.19. The van der Waals surface area contributed by atoms with E-state index < -0.39 is 0 Å². The molecule has 2 aromatic carbocycles. The van der Waals surface area contributed by atoms with Crippen LogP contribution >= 0.6 is 23.2 Å². The Hall–Kier alpha value is -3.22. The van der Waals surface area contributed by atoms with Gasteiger partial charge in [-0.3, -0.25) is 9.59 Å². The molecule has 0 unspecified atom stereocenters. The first kappa shape index (κ1) is 20.5. The number of halogens is 2. The van der Waals surface area contributed by atoms with Gasteiger partial charge in [0.2, 0.25) is 5.91 Å². The lowest BCUT2D eigenvalue weighted by atomic mass is 10.2. The number of carbonyl (C=O) groups excluding carboxylic acids is 2. The number of amides is 2. The van der Waals surface area contributed by atoms with Crippen LogP contribution in [0, 0.1) is 0 Å². The van der Waals surface area contributed by atoms with Crippen LogP contribution in [0.2, 0.25) is 10.0 Å². The summed E-state index contributed by atoms with van der Waals surface area (Å²) in [6.45, 7) is 0. The quantitative estimate of drug-likeness (QED) is 0.505. The second kappa shape index (κ2) is 9.32. The molecular weight excluding hydrogens is 415 g/mol. The molecule has 0 radical (unpaired) electrons.